The molecule has 1 unspecified atom stereocenters. The van der Waals surface area contributed by atoms with E-state index in [0.717, 1.165) is 16.7 Å². The fourth-order valence-electron chi connectivity index (χ4n) is 2.04. The predicted molar refractivity (Wildman–Crippen MR) is 93.2 cm³/mol. The number of allylic oxidation sites excluding steroid dienone is 1. The van der Waals surface area contributed by atoms with Crippen LogP contribution in [0.5, 0.6) is 0 Å². The number of urea groups is 1. The Kier molecular flexibility index (Phi) is 5.23. The summed E-state index contributed by atoms with van der Waals surface area (Å²) in [6.45, 7) is 7.82. The van der Waals surface area contributed by atoms with Gasteiger partial charge in [-0.25, -0.2) is 4.79 Å². The largest absolute Gasteiger partial charge is 0.331 e. The molecule has 0 aliphatic rings. The lowest BCUT2D eigenvalue weighted by Crippen LogP contribution is -2.31. The highest BCUT2D eigenvalue weighted by molar-refractivity contribution is 6.30. The first-order valence-corrected chi connectivity index (χ1v) is 7.42. The van der Waals surface area contributed by atoms with Crippen molar-refractivity contribution >= 4 is 28.9 Å². The Morgan fingerprint density at radius 3 is 2.23 bits per heavy atom. The molecule has 0 aromatic heterocycles. The summed E-state index contributed by atoms with van der Waals surface area (Å²) in [6, 6.07) is 14.6. The van der Waals surface area contributed by atoms with Gasteiger partial charge >= 0.3 is 6.03 Å². The van der Waals surface area contributed by atoms with E-state index >= 15 is 0 Å². The maximum Gasteiger partial charge on any atom is 0.319 e. The molecule has 0 radical (unpaired) electrons. The molecule has 4 heteroatoms. The molecule has 0 aliphatic heterocycles. The van der Waals surface area contributed by atoms with Crippen molar-refractivity contribution in [1.82, 2.24) is 5.32 Å². The van der Waals surface area contributed by atoms with Crippen LogP contribution in [0.4, 0.5) is 10.5 Å². The zero-order chi connectivity index (χ0) is 16.1. The second-order valence-electron chi connectivity index (χ2n) is 5.23. The van der Waals surface area contributed by atoms with Gasteiger partial charge in [-0.3, -0.25) is 0 Å². The minimum absolute atomic E-state index is 0.0912. The van der Waals surface area contributed by atoms with Crippen LogP contribution in [0.1, 0.15) is 31.0 Å². The van der Waals surface area contributed by atoms with Crippen molar-refractivity contribution < 1.29 is 4.79 Å². The molecule has 2 rings (SSSR count). The molecule has 2 N–H and O–H groups in total. The standard InChI is InChI=1S/C18H19ClN2O/c1-12(2)14-4-6-15(7-5-14)13(3)20-18(22)21-17-10-8-16(19)9-11-17/h4-11,13H,1H2,2-3H3,(H2,20,21,22). The molecule has 22 heavy (non-hydrogen) atoms. The quantitative estimate of drug-likeness (QED) is 0.794. The lowest BCUT2D eigenvalue weighted by molar-refractivity contribution is 0.249. The molecule has 0 heterocycles. The Morgan fingerprint density at radius 1 is 1.09 bits per heavy atom. The number of carbonyl (C=O) groups excluding carboxylic acids is 1. The highest BCUT2D eigenvalue weighted by Crippen LogP contribution is 2.18. The molecule has 0 saturated heterocycles. The molecule has 0 fully saturated rings. The lowest BCUT2D eigenvalue weighted by Gasteiger charge is -2.15. The average molecular weight is 315 g/mol. The van der Waals surface area contributed by atoms with E-state index in [1.54, 1.807) is 24.3 Å². The van der Waals surface area contributed by atoms with Crippen LogP contribution in [0.2, 0.25) is 5.02 Å². The first kappa shape index (κ1) is 16.1. The second-order valence-corrected chi connectivity index (χ2v) is 5.67. The number of amides is 2. The van der Waals surface area contributed by atoms with Gasteiger partial charge in [0.25, 0.3) is 0 Å². The topological polar surface area (TPSA) is 41.1 Å². The minimum Gasteiger partial charge on any atom is -0.331 e. The average Bonchev–Trinajstić information content (AvgIpc) is 2.49. The summed E-state index contributed by atoms with van der Waals surface area (Å²) in [5.41, 5.74) is 3.86. The van der Waals surface area contributed by atoms with Crippen LogP contribution < -0.4 is 10.6 Å². The zero-order valence-corrected chi connectivity index (χ0v) is 13.4. The van der Waals surface area contributed by atoms with Crippen LogP contribution in [0.25, 0.3) is 5.57 Å². The van der Waals surface area contributed by atoms with Crippen molar-refractivity contribution in [3.63, 3.8) is 0 Å². The number of nitrogens with one attached hydrogen (secondary N) is 2. The van der Waals surface area contributed by atoms with Gasteiger partial charge in [-0.05, 0) is 49.2 Å². The summed E-state index contributed by atoms with van der Waals surface area (Å²) in [5.74, 6) is 0. The molecule has 0 bridgehead atoms. The van der Waals surface area contributed by atoms with Gasteiger partial charge < -0.3 is 10.6 Å². The summed E-state index contributed by atoms with van der Waals surface area (Å²) < 4.78 is 0. The Balaban J connectivity index is 1.95. The zero-order valence-electron chi connectivity index (χ0n) is 12.7. The Hall–Kier alpha value is -2.26. The van der Waals surface area contributed by atoms with Crippen molar-refractivity contribution in [1.29, 1.82) is 0 Å². The minimum atomic E-state index is -0.251. The maximum absolute atomic E-state index is 12.0. The van der Waals surface area contributed by atoms with Gasteiger partial charge in [0, 0.05) is 10.7 Å². The van der Waals surface area contributed by atoms with Crippen LogP contribution >= 0.6 is 11.6 Å². The van der Waals surface area contributed by atoms with Crippen LogP contribution in [-0.4, -0.2) is 6.03 Å². The Bertz CT molecular complexity index is 662. The first-order valence-electron chi connectivity index (χ1n) is 7.04. The summed E-state index contributed by atoms with van der Waals surface area (Å²) in [6.07, 6.45) is 0. The van der Waals surface area contributed by atoms with Crippen LogP contribution in [-0.2, 0) is 0 Å². The van der Waals surface area contributed by atoms with Crippen molar-refractivity contribution in [2.24, 2.45) is 0 Å². The molecule has 2 aromatic rings. The van der Waals surface area contributed by atoms with E-state index in [-0.39, 0.29) is 12.1 Å². The van der Waals surface area contributed by atoms with Gasteiger partial charge in [-0.1, -0.05) is 48.0 Å². The number of benzene rings is 2. The van der Waals surface area contributed by atoms with Crippen LogP contribution in [0.15, 0.2) is 55.1 Å². The smallest absolute Gasteiger partial charge is 0.319 e. The van der Waals surface area contributed by atoms with Crippen LogP contribution in [0, 0.1) is 0 Å². The summed E-state index contributed by atoms with van der Waals surface area (Å²) in [7, 11) is 0. The number of hydrogen-bond acceptors (Lipinski definition) is 1. The second kappa shape index (κ2) is 7.14. The molecular weight excluding hydrogens is 296 g/mol. The third kappa shape index (κ3) is 4.37. The number of carbonyl (C=O) groups is 1. The molecule has 1 atom stereocenters. The highest BCUT2D eigenvalue weighted by atomic mass is 35.5. The monoisotopic (exact) mass is 314 g/mol. The fourth-order valence-corrected chi connectivity index (χ4v) is 2.16. The molecule has 0 aliphatic carbocycles. The number of anilines is 1. The third-order valence-electron chi connectivity index (χ3n) is 3.35. The SMILES string of the molecule is C=C(C)c1ccc(C(C)NC(=O)Nc2ccc(Cl)cc2)cc1. The summed E-state index contributed by atoms with van der Waals surface area (Å²) >= 11 is 5.81. The van der Waals surface area contributed by atoms with Gasteiger partial charge in [0.15, 0.2) is 0 Å². The van der Waals surface area contributed by atoms with Crippen molar-refractivity contribution in [3.05, 3.63) is 71.3 Å². The number of rotatable bonds is 4. The lowest BCUT2D eigenvalue weighted by atomic mass is 10.0. The molecule has 0 saturated carbocycles. The van der Waals surface area contributed by atoms with Gasteiger partial charge in [0.2, 0.25) is 0 Å². The van der Waals surface area contributed by atoms with E-state index in [1.165, 1.54) is 0 Å². The van der Waals surface area contributed by atoms with E-state index in [1.807, 2.05) is 38.1 Å². The van der Waals surface area contributed by atoms with Gasteiger partial charge in [-0.15, -0.1) is 0 Å². The Morgan fingerprint density at radius 2 is 1.68 bits per heavy atom. The Labute approximate surface area is 136 Å². The van der Waals surface area contributed by atoms with Gasteiger partial charge in [0.05, 0.1) is 6.04 Å². The van der Waals surface area contributed by atoms with E-state index in [4.69, 9.17) is 11.6 Å². The highest BCUT2D eigenvalue weighted by Gasteiger charge is 2.09. The molecule has 3 nitrogen and oxygen atoms in total. The first-order chi connectivity index (χ1) is 10.5. The summed E-state index contributed by atoms with van der Waals surface area (Å²) in [4.78, 5) is 12.0. The number of hydrogen-bond donors (Lipinski definition) is 2. The van der Waals surface area contributed by atoms with Gasteiger partial charge in [-0.2, -0.15) is 0 Å². The molecule has 114 valence electrons. The van der Waals surface area contributed by atoms with Crippen molar-refractivity contribution in [3.8, 4) is 0 Å². The van der Waals surface area contributed by atoms with E-state index in [2.05, 4.69) is 17.2 Å². The predicted octanol–water partition coefficient (Wildman–Crippen LogP) is 5.26. The third-order valence-corrected chi connectivity index (χ3v) is 3.61. The maximum atomic E-state index is 12.0. The molecular formula is C18H19ClN2O. The van der Waals surface area contributed by atoms with Crippen LogP contribution in [0.3, 0.4) is 0 Å². The van der Waals surface area contributed by atoms with Gasteiger partial charge in [0.1, 0.15) is 0 Å². The summed E-state index contributed by atoms with van der Waals surface area (Å²) in [5, 5.41) is 6.32. The van der Waals surface area contributed by atoms with Crippen molar-refractivity contribution in [2.45, 2.75) is 19.9 Å². The fraction of sp³-hybridized carbons (Fsp3) is 0.167. The van der Waals surface area contributed by atoms with E-state index in [9.17, 15) is 4.79 Å². The van der Waals surface area contributed by atoms with E-state index < -0.39 is 0 Å². The van der Waals surface area contributed by atoms with E-state index in [0.29, 0.717) is 10.7 Å². The molecule has 2 aromatic carbocycles. The molecule has 2 amide bonds. The molecule has 0 spiro atoms. The van der Waals surface area contributed by atoms with Crippen molar-refractivity contribution in [2.75, 3.05) is 5.32 Å². The normalized spacial score (nSPS) is 11.6. The number of halogens is 1.